The molecule has 1 atom stereocenters. The minimum Gasteiger partial charge on any atom is -0.319 e. The van der Waals surface area contributed by atoms with Gasteiger partial charge in [-0.2, -0.15) is 12.7 Å². The number of rotatable bonds is 4. The quantitative estimate of drug-likeness (QED) is 0.699. The molecule has 1 aliphatic heterocycles. The van der Waals surface area contributed by atoms with Crippen LogP contribution in [0.25, 0.3) is 0 Å². The van der Waals surface area contributed by atoms with Crippen molar-refractivity contribution in [3.63, 3.8) is 0 Å². The first kappa shape index (κ1) is 12.9. The van der Waals surface area contributed by atoms with E-state index in [4.69, 9.17) is 0 Å². The minimum absolute atomic E-state index is 0.356. The highest BCUT2D eigenvalue weighted by atomic mass is 32.2. The first-order valence-electron chi connectivity index (χ1n) is 5.35. The van der Waals surface area contributed by atoms with E-state index in [-0.39, 0.29) is 0 Å². The molecule has 0 saturated carbocycles. The third-order valence-corrected chi connectivity index (χ3v) is 3.93. The molecular weight excluding hydrogens is 214 g/mol. The zero-order valence-corrected chi connectivity index (χ0v) is 10.5. The minimum atomic E-state index is -3.21. The van der Waals surface area contributed by atoms with Gasteiger partial charge in [-0.05, 0) is 18.9 Å². The Kier molecular flexibility index (Phi) is 4.51. The number of nitrogens with zero attached hydrogens (tertiary/aromatic N) is 1. The maximum atomic E-state index is 11.7. The lowest BCUT2D eigenvalue weighted by atomic mass is 10.1. The first-order valence-corrected chi connectivity index (χ1v) is 6.79. The molecule has 1 fully saturated rings. The van der Waals surface area contributed by atoms with Gasteiger partial charge in [0, 0.05) is 26.2 Å². The lowest BCUT2D eigenvalue weighted by Gasteiger charge is -2.33. The Morgan fingerprint density at radius 3 is 2.73 bits per heavy atom. The summed E-state index contributed by atoms with van der Waals surface area (Å²) >= 11 is 0. The summed E-state index contributed by atoms with van der Waals surface area (Å²) in [5.74, 6) is 0.715. The Balaban J connectivity index is 2.62. The predicted molar refractivity (Wildman–Crippen MR) is 60.8 cm³/mol. The van der Waals surface area contributed by atoms with Gasteiger partial charge >= 0.3 is 0 Å². The average Bonchev–Trinajstić information content (AvgIpc) is 2.11. The molecule has 1 rings (SSSR count). The van der Waals surface area contributed by atoms with Crippen molar-refractivity contribution in [2.24, 2.45) is 11.8 Å². The smallest absolute Gasteiger partial charge is 0.279 e. The third kappa shape index (κ3) is 3.71. The normalized spacial score (nSPS) is 27.1. The Morgan fingerprint density at radius 1 is 1.53 bits per heavy atom. The first-order chi connectivity index (χ1) is 6.95. The largest absolute Gasteiger partial charge is 0.319 e. The molecule has 15 heavy (non-hydrogen) atoms. The van der Waals surface area contributed by atoms with Crippen molar-refractivity contribution in [3.05, 3.63) is 0 Å². The fourth-order valence-electron chi connectivity index (χ4n) is 1.77. The van der Waals surface area contributed by atoms with Crippen LogP contribution in [0.1, 0.15) is 13.8 Å². The predicted octanol–water partition coefficient (Wildman–Crippen LogP) is -0.372. The summed E-state index contributed by atoms with van der Waals surface area (Å²) in [6.07, 6.45) is 0. The SMILES string of the molecule is CNCC1CNS(=O)(=O)N(CC(C)C)C1. The molecule has 0 aromatic heterocycles. The summed E-state index contributed by atoms with van der Waals surface area (Å²) in [6, 6.07) is 0. The monoisotopic (exact) mass is 235 g/mol. The highest BCUT2D eigenvalue weighted by Crippen LogP contribution is 2.12. The summed E-state index contributed by atoms with van der Waals surface area (Å²) in [4.78, 5) is 0. The lowest BCUT2D eigenvalue weighted by Crippen LogP contribution is -2.54. The lowest BCUT2D eigenvalue weighted by molar-refractivity contribution is 0.282. The fraction of sp³-hybridized carbons (Fsp3) is 1.00. The van der Waals surface area contributed by atoms with Gasteiger partial charge in [0.2, 0.25) is 0 Å². The van der Waals surface area contributed by atoms with Crippen LogP contribution in [0.3, 0.4) is 0 Å². The maximum Gasteiger partial charge on any atom is 0.279 e. The molecule has 0 aromatic rings. The third-order valence-electron chi connectivity index (χ3n) is 2.42. The molecule has 90 valence electrons. The van der Waals surface area contributed by atoms with Gasteiger partial charge in [-0.25, -0.2) is 4.72 Å². The zero-order chi connectivity index (χ0) is 11.5. The van der Waals surface area contributed by atoms with Crippen molar-refractivity contribution in [1.82, 2.24) is 14.3 Å². The van der Waals surface area contributed by atoms with Crippen molar-refractivity contribution in [2.75, 3.05) is 33.2 Å². The maximum absolute atomic E-state index is 11.7. The van der Waals surface area contributed by atoms with Crippen LogP contribution in [0.4, 0.5) is 0 Å². The second-order valence-corrected chi connectivity index (χ2v) is 6.24. The molecular formula is C9H21N3O2S. The van der Waals surface area contributed by atoms with Crippen molar-refractivity contribution in [1.29, 1.82) is 0 Å². The van der Waals surface area contributed by atoms with Crippen LogP contribution < -0.4 is 10.0 Å². The van der Waals surface area contributed by atoms with Crippen molar-refractivity contribution in [2.45, 2.75) is 13.8 Å². The molecule has 0 spiro atoms. The Bertz CT molecular complexity index is 290. The van der Waals surface area contributed by atoms with Crippen LogP contribution in [-0.4, -0.2) is 45.9 Å². The molecule has 0 aliphatic carbocycles. The Morgan fingerprint density at radius 2 is 2.20 bits per heavy atom. The van der Waals surface area contributed by atoms with Crippen LogP contribution in [0.15, 0.2) is 0 Å². The van der Waals surface area contributed by atoms with Gasteiger partial charge in [0.05, 0.1) is 0 Å². The summed E-state index contributed by atoms with van der Waals surface area (Å²) in [7, 11) is -1.33. The van der Waals surface area contributed by atoms with Crippen LogP contribution in [0.5, 0.6) is 0 Å². The molecule has 0 aromatic carbocycles. The average molecular weight is 235 g/mol. The van der Waals surface area contributed by atoms with Crippen LogP contribution >= 0.6 is 0 Å². The van der Waals surface area contributed by atoms with Gasteiger partial charge in [-0.3, -0.25) is 0 Å². The molecule has 6 heteroatoms. The van der Waals surface area contributed by atoms with Crippen LogP contribution in [-0.2, 0) is 10.2 Å². The number of nitrogens with one attached hydrogen (secondary N) is 2. The topological polar surface area (TPSA) is 61.4 Å². The van der Waals surface area contributed by atoms with E-state index in [1.54, 1.807) is 4.31 Å². The van der Waals surface area contributed by atoms with Crippen molar-refractivity contribution < 1.29 is 8.42 Å². The Hall–Kier alpha value is -0.170. The van der Waals surface area contributed by atoms with Crippen molar-refractivity contribution in [3.8, 4) is 0 Å². The van der Waals surface area contributed by atoms with Gasteiger partial charge < -0.3 is 5.32 Å². The molecule has 1 heterocycles. The standard InChI is InChI=1S/C9H21N3O2S/c1-8(2)6-12-7-9(4-10-3)5-11-15(12,13)14/h8-11H,4-7H2,1-3H3. The molecule has 2 N–H and O–H groups in total. The summed E-state index contributed by atoms with van der Waals surface area (Å²) in [5.41, 5.74) is 0. The molecule has 0 amide bonds. The van der Waals surface area contributed by atoms with Crippen LogP contribution in [0.2, 0.25) is 0 Å². The molecule has 1 saturated heterocycles. The van der Waals surface area contributed by atoms with Gasteiger partial charge in [0.25, 0.3) is 10.2 Å². The van der Waals surface area contributed by atoms with E-state index in [9.17, 15) is 8.42 Å². The van der Waals surface area contributed by atoms with E-state index in [2.05, 4.69) is 10.0 Å². The van der Waals surface area contributed by atoms with E-state index in [1.807, 2.05) is 20.9 Å². The second-order valence-electron chi connectivity index (χ2n) is 4.49. The second kappa shape index (κ2) is 5.25. The van der Waals surface area contributed by atoms with Gasteiger partial charge in [-0.1, -0.05) is 13.8 Å². The molecule has 5 nitrogen and oxygen atoms in total. The highest BCUT2D eigenvalue weighted by Gasteiger charge is 2.30. The van der Waals surface area contributed by atoms with Crippen molar-refractivity contribution >= 4 is 10.2 Å². The molecule has 1 unspecified atom stereocenters. The number of hydrogen-bond donors (Lipinski definition) is 2. The van der Waals surface area contributed by atoms with E-state index in [0.717, 1.165) is 6.54 Å². The summed E-state index contributed by atoms with van der Waals surface area (Å²) < 4.78 is 27.5. The van der Waals surface area contributed by atoms with E-state index < -0.39 is 10.2 Å². The molecule has 0 bridgehead atoms. The Labute approximate surface area is 92.4 Å². The van der Waals surface area contributed by atoms with Gasteiger partial charge in [-0.15, -0.1) is 0 Å². The summed E-state index contributed by atoms with van der Waals surface area (Å²) in [6.45, 7) is 6.65. The van der Waals surface area contributed by atoms with E-state index >= 15 is 0 Å². The van der Waals surface area contributed by atoms with Crippen LogP contribution in [0, 0.1) is 11.8 Å². The summed E-state index contributed by atoms with van der Waals surface area (Å²) in [5, 5.41) is 3.08. The van der Waals surface area contributed by atoms with E-state index in [1.165, 1.54) is 0 Å². The number of hydrogen-bond acceptors (Lipinski definition) is 3. The molecule has 1 aliphatic rings. The van der Waals surface area contributed by atoms with Gasteiger partial charge in [0.1, 0.15) is 0 Å². The highest BCUT2D eigenvalue weighted by molar-refractivity contribution is 7.87. The van der Waals surface area contributed by atoms with E-state index in [0.29, 0.717) is 31.5 Å². The zero-order valence-electron chi connectivity index (χ0n) is 9.66. The molecule has 0 radical (unpaired) electrons. The fourth-order valence-corrected chi connectivity index (χ4v) is 3.30. The van der Waals surface area contributed by atoms with Gasteiger partial charge in [0.15, 0.2) is 0 Å².